The number of amides is 2. The van der Waals surface area contributed by atoms with E-state index in [-0.39, 0.29) is 6.03 Å². The van der Waals surface area contributed by atoms with Crippen molar-refractivity contribution in [2.75, 3.05) is 19.6 Å². The number of benzene rings is 1. The van der Waals surface area contributed by atoms with Crippen molar-refractivity contribution in [1.29, 1.82) is 0 Å². The molecule has 27 heavy (non-hydrogen) atoms. The number of hydrogen-bond donors (Lipinski definition) is 1. The van der Waals surface area contributed by atoms with Gasteiger partial charge in [0.05, 0.1) is 11.9 Å². The molecular weight excluding hydrogens is 338 g/mol. The van der Waals surface area contributed by atoms with E-state index in [1.165, 1.54) is 31.4 Å². The van der Waals surface area contributed by atoms with E-state index in [1.54, 1.807) is 0 Å². The van der Waals surface area contributed by atoms with Crippen molar-refractivity contribution in [3.8, 4) is 5.69 Å². The van der Waals surface area contributed by atoms with Crippen LogP contribution in [0.5, 0.6) is 0 Å². The van der Waals surface area contributed by atoms with Gasteiger partial charge in [-0.2, -0.15) is 5.10 Å². The Morgan fingerprint density at radius 1 is 1.26 bits per heavy atom. The topological polar surface area (TPSA) is 53.4 Å². The molecule has 1 atom stereocenters. The van der Waals surface area contributed by atoms with Gasteiger partial charge in [-0.1, -0.05) is 24.6 Å². The first-order valence-corrected chi connectivity index (χ1v) is 10.00. The zero-order valence-corrected chi connectivity index (χ0v) is 16.3. The van der Waals surface area contributed by atoms with E-state index in [4.69, 9.17) is 0 Å². The first-order chi connectivity index (χ1) is 13.1. The lowest BCUT2D eigenvalue weighted by atomic mass is 9.98. The Hall–Kier alpha value is -2.34. The summed E-state index contributed by atoms with van der Waals surface area (Å²) in [5, 5.41) is 7.46. The second-order valence-electron chi connectivity index (χ2n) is 7.88. The third-order valence-corrected chi connectivity index (χ3v) is 5.91. The molecule has 4 rings (SSSR count). The molecule has 1 N–H and O–H groups in total. The number of hydrogen-bond acceptors (Lipinski definition) is 3. The van der Waals surface area contributed by atoms with Crippen LogP contribution in [0.25, 0.3) is 5.69 Å². The molecule has 0 aliphatic carbocycles. The molecule has 6 nitrogen and oxygen atoms in total. The second-order valence-corrected chi connectivity index (χ2v) is 7.88. The van der Waals surface area contributed by atoms with Crippen LogP contribution in [0.2, 0.25) is 0 Å². The fourth-order valence-electron chi connectivity index (χ4n) is 4.19. The number of rotatable bonds is 4. The van der Waals surface area contributed by atoms with Crippen molar-refractivity contribution in [1.82, 2.24) is 24.9 Å². The summed E-state index contributed by atoms with van der Waals surface area (Å²) in [5.74, 6) is 0. The van der Waals surface area contributed by atoms with E-state index < -0.39 is 0 Å². The van der Waals surface area contributed by atoms with Gasteiger partial charge in [-0.15, -0.1) is 0 Å². The number of urea groups is 1. The monoisotopic (exact) mass is 367 g/mol. The van der Waals surface area contributed by atoms with Gasteiger partial charge in [-0.3, -0.25) is 4.90 Å². The maximum Gasteiger partial charge on any atom is 0.317 e. The molecule has 1 aromatic heterocycles. The van der Waals surface area contributed by atoms with E-state index >= 15 is 0 Å². The maximum absolute atomic E-state index is 12.4. The van der Waals surface area contributed by atoms with Crippen LogP contribution < -0.4 is 5.32 Å². The number of aryl methyl sites for hydroxylation is 1. The molecular formula is C21H29N5O. The van der Waals surface area contributed by atoms with Crippen LogP contribution in [-0.2, 0) is 6.54 Å². The Morgan fingerprint density at radius 2 is 2.07 bits per heavy atom. The predicted octanol–water partition coefficient (Wildman–Crippen LogP) is 2.95. The predicted molar refractivity (Wildman–Crippen MR) is 106 cm³/mol. The highest BCUT2D eigenvalue weighted by atomic mass is 16.2. The molecule has 2 aromatic rings. The molecule has 2 saturated heterocycles. The normalized spacial score (nSPS) is 21.1. The Balaban J connectivity index is 1.26. The Kier molecular flexibility index (Phi) is 5.16. The highest BCUT2D eigenvalue weighted by Crippen LogP contribution is 2.24. The van der Waals surface area contributed by atoms with Gasteiger partial charge in [0.15, 0.2) is 0 Å². The number of carbonyl (C=O) groups is 1. The van der Waals surface area contributed by atoms with Crippen LogP contribution in [0.15, 0.2) is 36.7 Å². The van der Waals surface area contributed by atoms with Crippen LogP contribution in [0, 0.1) is 6.92 Å². The van der Waals surface area contributed by atoms with Crippen LogP contribution in [0.1, 0.15) is 37.3 Å². The highest BCUT2D eigenvalue weighted by molar-refractivity contribution is 5.75. The molecule has 0 unspecified atom stereocenters. The molecule has 2 fully saturated rings. The van der Waals surface area contributed by atoms with Gasteiger partial charge >= 0.3 is 6.03 Å². The van der Waals surface area contributed by atoms with Gasteiger partial charge in [0.2, 0.25) is 0 Å². The zero-order chi connectivity index (χ0) is 18.8. The summed E-state index contributed by atoms with van der Waals surface area (Å²) >= 11 is 0. The fraction of sp³-hybridized carbons (Fsp3) is 0.524. The van der Waals surface area contributed by atoms with Crippen molar-refractivity contribution in [3.63, 3.8) is 0 Å². The van der Waals surface area contributed by atoms with E-state index in [0.717, 1.165) is 24.3 Å². The number of para-hydroxylation sites is 1. The van der Waals surface area contributed by atoms with E-state index in [2.05, 4.69) is 35.2 Å². The van der Waals surface area contributed by atoms with Crippen LogP contribution in [-0.4, -0.2) is 57.3 Å². The van der Waals surface area contributed by atoms with E-state index in [0.29, 0.717) is 18.6 Å². The third kappa shape index (κ3) is 3.86. The van der Waals surface area contributed by atoms with Crippen LogP contribution >= 0.6 is 0 Å². The molecule has 0 spiro atoms. The van der Waals surface area contributed by atoms with Gasteiger partial charge in [0.25, 0.3) is 0 Å². The SMILES string of the molecule is Cc1ccccc1-n1cc(CNC(=O)N2CC(N3CCCC[C@@H]3C)C2)cn1. The maximum atomic E-state index is 12.4. The number of nitrogens with one attached hydrogen (secondary N) is 1. The quantitative estimate of drug-likeness (QED) is 0.904. The van der Waals surface area contributed by atoms with Crippen molar-refractivity contribution in [2.45, 2.75) is 51.7 Å². The minimum Gasteiger partial charge on any atom is -0.334 e. The number of aromatic nitrogens is 2. The van der Waals surface area contributed by atoms with Crippen molar-refractivity contribution in [3.05, 3.63) is 47.8 Å². The van der Waals surface area contributed by atoms with Gasteiger partial charge in [-0.05, 0) is 44.9 Å². The lowest BCUT2D eigenvalue weighted by Gasteiger charge is -2.49. The molecule has 1 aromatic carbocycles. The standard InChI is InChI=1S/C21H29N5O/c1-16-7-3-4-9-20(16)26-13-18(12-23-26)11-22-21(27)24-14-19(15-24)25-10-6-5-8-17(25)2/h3-4,7,9,12-13,17,19H,5-6,8,10-11,14-15H2,1-2H3,(H,22,27)/t17-/m0/s1. The number of carbonyl (C=O) groups excluding carboxylic acids is 1. The molecule has 2 aliphatic rings. The summed E-state index contributed by atoms with van der Waals surface area (Å²) in [4.78, 5) is 16.9. The third-order valence-electron chi connectivity index (χ3n) is 5.91. The number of piperidine rings is 1. The number of likely N-dealkylation sites (tertiary alicyclic amines) is 2. The van der Waals surface area contributed by atoms with Crippen LogP contribution in [0.4, 0.5) is 4.79 Å². The fourth-order valence-corrected chi connectivity index (χ4v) is 4.19. The highest BCUT2D eigenvalue weighted by Gasteiger charge is 2.37. The summed E-state index contributed by atoms with van der Waals surface area (Å²) in [5.41, 5.74) is 3.25. The molecule has 2 aliphatic heterocycles. The van der Waals surface area contributed by atoms with Gasteiger partial charge in [-0.25, -0.2) is 9.48 Å². The average molecular weight is 367 g/mol. The Morgan fingerprint density at radius 3 is 2.85 bits per heavy atom. The minimum atomic E-state index is 0.0274. The summed E-state index contributed by atoms with van der Waals surface area (Å²) in [7, 11) is 0. The van der Waals surface area contributed by atoms with Crippen molar-refractivity contribution in [2.24, 2.45) is 0 Å². The second kappa shape index (κ2) is 7.72. The first kappa shape index (κ1) is 18.0. The lowest BCUT2D eigenvalue weighted by molar-refractivity contribution is 0.0169. The summed E-state index contributed by atoms with van der Waals surface area (Å²) in [6.45, 7) is 7.76. The largest absolute Gasteiger partial charge is 0.334 e. The minimum absolute atomic E-state index is 0.0274. The van der Waals surface area contributed by atoms with Crippen molar-refractivity contribution >= 4 is 6.03 Å². The molecule has 3 heterocycles. The number of nitrogens with zero attached hydrogens (tertiary/aromatic N) is 4. The lowest BCUT2D eigenvalue weighted by Crippen LogP contribution is -2.64. The molecule has 0 radical (unpaired) electrons. The van der Waals surface area contributed by atoms with Gasteiger partial charge in [0.1, 0.15) is 0 Å². The zero-order valence-electron chi connectivity index (χ0n) is 16.3. The molecule has 6 heteroatoms. The molecule has 144 valence electrons. The first-order valence-electron chi connectivity index (χ1n) is 10.00. The molecule has 2 amide bonds. The Bertz CT molecular complexity index is 795. The van der Waals surface area contributed by atoms with Gasteiger partial charge < -0.3 is 10.2 Å². The van der Waals surface area contributed by atoms with Gasteiger partial charge in [0, 0.05) is 43.5 Å². The molecule has 0 bridgehead atoms. The van der Waals surface area contributed by atoms with E-state index in [1.807, 2.05) is 40.2 Å². The van der Waals surface area contributed by atoms with Crippen molar-refractivity contribution < 1.29 is 4.79 Å². The summed E-state index contributed by atoms with van der Waals surface area (Å²) in [6, 6.07) is 9.37. The summed E-state index contributed by atoms with van der Waals surface area (Å²) in [6.07, 6.45) is 7.72. The molecule has 0 saturated carbocycles. The van der Waals surface area contributed by atoms with E-state index in [9.17, 15) is 4.79 Å². The van der Waals surface area contributed by atoms with Crippen LogP contribution in [0.3, 0.4) is 0 Å². The Labute approximate surface area is 161 Å². The smallest absolute Gasteiger partial charge is 0.317 e. The summed E-state index contributed by atoms with van der Waals surface area (Å²) < 4.78 is 1.87. The average Bonchev–Trinajstić information content (AvgIpc) is 3.09.